The lowest BCUT2D eigenvalue weighted by Gasteiger charge is -2.18. The average molecular weight is 402 g/mol. The average Bonchev–Trinajstić information content (AvgIpc) is 2.70. The molecule has 146 valence electrons. The number of amides is 2. The first-order valence-electron chi connectivity index (χ1n) is 8.40. The first-order chi connectivity index (χ1) is 13.5. The van der Waals surface area contributed by atoms with Crippen LogP contribution in [-0.2, 0) is 11.3 Å². The molecular formula is C19H20ClN5O3. The molecule has 0 saturated heterocycles. The zero-order valence-corrected chi connectivity index (χ0v) is 15.7. The first kappa shape index (κ1) is 21.0. The number of carbonyl (C=O) groups is 1. The van der Waals surface area contributed by atoms with Crippen LogP contribution < -0.4 is 16.4 Å². The van der Waals surface area contributed by atoms with Crippen molar-refractivity contribution < 1.29 is 14.7 Å². The highest BCUT2D eigenvalue weighted by Crippen LogP contribution is 2.13. The number of nitrogens with one attached hydrogen (secondary N) is 2. The van der Waals surface area contributed by atoms with Gasteiger partial charge < -0.3 is 26.3 Å². The van der Waals surface area contributed by atoms with Crippen LogP contribution in [0.5, 0.6) is 0 Å². The number of aliphatic hydroxyl groups is 1. The molecule has 0 saturated carbocycles. The van der Waals surface area contributed by atoms with E-state index in [2.05, 4.69) is 15.8 Å². The van der Waals surface area contributed by atoms with E-state index in [1.807, 2.05) is 6.07 Å². The molecule has 9 heteroatoms. The maximum Gasteiger partial charge on any atom is 0.319 e. The van der Waals surface area contributed by atoms with Gasteiger partial charge in [-0.3, -0.25) is 0 Å². The summed E-state index contributed by atoms with van der Waals surface area (Å²) in [5.41, 5.74) is 7.89. The Hall–Kier alpha value is -3.28. The standard InChI is InChI=1S/C19H20ClN5O3/c20-15-5-7-16(8-6-15)23-19(27)24-17(18(22)25-28-10-9-26)11-13-1-3-14(12-21)4-2-13/h1-8,17,26H,9-11H2,(H2,22,25)(H2,23,24,27)/t17-/m0/s1. The van der Waals surface area contributed by atoms with Gasteiger partial charge in [0.15, 0.2) is 5.84 Å². The number of nitrogens with two attached hydrogens (primary N) is 1. The Kier molecular flexibility index (Phi) is 8.09. The van der Waals surface area contributed by atoms with Crippen molar-refractivity contribution in [3.63, 3.8) is 0 Å². The summed E-state index contributed by atoms with van der Waals surface area (Å²) in [7, 11) is 0. The van der Waals surface area contributed by atoms with Gasteiger partial charge >= 0.3 is 6.03 Å². The monoisotopic (exact) mass is 401 g/mol. The minimum atomic E-state index is -0.668. The summed E-state index contributed by atoms with van der Waals surface area (Å²) in [6.07, 6.45) is 0.331. The third kappa shape index (κ3) is 6.79. The lowest BCUT2D eigenvalue weighted by molar-refractivity contribution is 0.0975. The molecule has 0 aliphatic heterocycles. The Morgan fingerprint density at radius 2 is 1.93 bits per heavy atom. The topological polar surface area (TPSA) is 133 Å². The Bertz CT molecular complexity index is 847. The number of benzene rings is 2. The van der Waals surface area contributed by atoms with Gasteiger partial charge in [0.25, 0.3) is 0 Å². The van der Waals surface area contributed by atoms with Gasteiger partial charge in [0.05, 0.1) is 24.3 Å². The van der Waals surface area contributed by atoms with E-state index in [4.69, 9.17) is 32.5 Å². The number of halogens is 1. The van der Waals surface area contributed by atoms with Crippen molar-refractivity contribution in [3.05, 3.63) is 64.7 Å². The van der Waals surface area contributed by atoms with Crippen molar-refractivity contribution >= 4 is 29.2 Å². The summed E-state index contributed by atoms with van der Waals surface area (Å²) in [5.74, 6) is 0.0454. The third-order valence-electron chi connectivity index (χ3n) is 3.64. The summed E-state index contributed by atoms with van der Waals surface area (Å²) in [5, 5.41) is 27.4. The van der Waals surface area contributed by atoms with Crippen LogP contribution in [0.2, 0.25) is 5.02 Å². The molecule has 28 heavy (non-hydrogen) atoms. The van der Waals surface area contributed by atoms with Crippen molar-refractivity contribution in [3.8, 4) is 6.07 Å². The molecule has 0 spiro atoms. The Morgan fingerprint density at radius 1 is 1.25 bits per heavy atom. The summed E-state index contributed by atoms with van der Waals surface area (Å²) in [4.78, 5) is 17.2. The second kappa shape index (κ2) is 10.8. The number of amidine groups is 1. The van der Waals surface area contributed by atoms with Crippen molar-refractivity contribution in [1.82, 2.24) is 5.32 Å². The van der Waals surface area contributed by atoms with Gasteiger partial charge in [-0.15, -0.1) is 0 Å². The number of rotatable bonds is 8. The summed E-state index contributed by atoms with van der Waals surface area (Å²) < 4.78 is 0. The van der Waals surface area contributed by atoms with Crippen LogP contribution in [0.3, 0.4) is 0 Å². The lowest BCUT2D eigenvalue weighted by atomic mass is 10.0. The molecule has 0 aromatic heterocycles. The molecule has 0 radical (unpaired) electrons. The quantitative estimate of drug-likeness (QED) is 0.233. The van der Waals surface area contributed by atoms with E-state index in [0.29, 0.717) is 22.7 Å². The molecule has 2 amide bonds. The van der Waals surface area contributed by atoms with E-state index in [9.17, 15) is 4.79 Å². The summed E-state index contributed by atoms with van der Waals surface area (Å²) in [6, 6.07) is 14.4. The van der Waals surface area contributed by atoms with Crippen LogP contribution in [0.15, 0.2) is 53.7 Å². The molecule has 8 nitrogen and oxygen atoms in total. The fourth-order valence-electron chi connectivity index (χ4n) is 2.26. The largest absolute Gasteiger partial charge is 0.393 e. The number of oxime groups is 1. The maximum atomic E-state index is 12.3. The number of urea groups is 1. The van der Waals surface area contributed by atoms with Gasteiger partial charge in [-0.25, -0.2) is 4.79 Å². The number of anilines is 1. The van der Waals surface area contributed by atoms with Crippen molar-refractivity contribution in [2.24, 2.45) is 10.9 Å². The molecule has 0 bridgehead atoms. The van der Waals surface area contributed by atoms with Crippen LogP contribution in [-0.4, -0.2) is 36.2 Å². The number of hydrogen-bond donors (Lipinski definition) is 4. The summed E-state index contributed by atoms with van der Waals surface area (Å²) in [6.45, 7) is -0.219. The summed E-state index contributed by atoms with van der Waals surface area (Å²) >= 11 is 5.83. The molecule has 2 aromatic carbocycles. The van der Waals surface area contributed by atoms with Gasteiger partial charge in [-0.2, -0.15) is 5.26 Å². The Labute approximate surface area is 167 Å². The molecule has 0 aliphatic carbocycles. The highest BCUT2D eigenvalue weighted by molar-refractivity contribution is 6.30. The molecule has 1 atom stereocenters. The van der Waals surface area contributed by atoms with Crippen LogP contribution in [0.1, 0.15) is 11.1 Å². The predicted molar refractivity (Wildman–Crippen MR) is 107 cm³/mol. The zero-order chi connectivity index (χ0) is 20.4. The molecule has 5 N–H and O–H groups in total. The number of nitrogens with zero attached hydrogens (tertiary/aromatic N) is 2. The van der Waals surface area contributed by atoms with E-state index < -0.39 is 12.1 Å². The van der Waals surface area contributed by atoms with E-state index in [-0.39, 0.29) is 19.0 Å². The first-order valence-corrected chi connectivity index (χ1v) is 8.78. The van der Waals surface area contributed by atoms with Gasteiger partial charge in [0.2, 0.25) is 0 Å². The Balaban J connectivity index is 2.09. The predicted octanol–water partition coefficient (Wildman–Crippen LogP) is 2.23. The number of carbonyl (C=O) groups excluding carboxylic acids is 1. The second-order valence-corrected chi connectivity index (χ2v) is 6.18. The lowest BCUT2D eigenvalue weighted by Crippen LogP contribution is -2.47. The maximum absolute atomic E-state index is 12.3. The Morgan fingerprint density at radius 3 is 2.54 bits per heavy atom. The number of nitriles is 1. The number of aliphatic hydroxyl groups excluding tert-OH is 1. The van der Waals surface area contributed by atoms with E-state index in [0.717, 1.165) is 5.56 Å². The van der Waals surface area contributed by atoms with Gasteiger partial charge in [-0.05, 0) is 42.0 Å². The fourth-order valence-corrected chi connectivity index (χ4v) is 2.39. The number of hydrogen-bond acceptors (Lipinski definition) is 5. The normalized spacial score (nSPS) is 12.0. The molecule has 0 fully saturated rings. The van der Waals surface area contributed by atoms with Gasteiger partial charge in [-0.1, -0.05) is 28.9 Å². The van der Waals surface area contributed by atoms with E-state index >= 15 is 0 Å². The molecule has 2 rings (SSSR count). The molecular weight excluding hydrogens is 382 g/mol. The van der Waals surface area contributed by atoms with Crippen molar-refractivity contribution in [2.75, 3.05) is 18.5 Å². The highest BCUT2D eigenvalue weighted by atomic mass is 35.5. The fraction of sp³-hybridized carbons (Fsp3) is 0.211. The second-order valence-electron chi connectivity index (χ2n) is 5.74. The van der Waals surface area contributed by atoms with Gasteiger partial charge in [0.1, 0.15) is 6.61 Å². The highest BCUT2D eigenvalue weighted by Gasteiger charge is 2.18. The third-order valence-corrected chi connectivity index (χ3v) is 3.89. The molecule has 0 heterocycles. The smallest absolute Gasteiger partial charge is 0.319 e. The molecule has 0 aliphatic rings. The van der Waals surface area contributed by atoms with Crippen molar-refractivity contribution in [2.45, 2.75) is 12.5 Å². The SMILES string of the molecule is N#Cc1ccc(C[C@H](NC(=O)Nc2ccc(Cl)cc2)/C(N)=N/OCCO)cc1. The van der Waals surface area contributed by atoms with Crippen LogP contribution >= 0.6 is 11.6 Å². The van der Waals surface area contributed by atoms with E-state index in [1.54, 1.807) is 48.5 Å². The minimum Gasteiger partial charge on any atom is -0.393 e. The van der Waals surface area contributed by atoms with Crippen LogP contribution in [0.25, 0.3) is 0 Å². The molecule has 0 unspecified atom stereocenters. The van der Waals surface area contributed by atoms with Crippen LogP contribution in [0.4, 0.5) is 10.5 Å². The zero-order valence-electron chi connectivity index (χ0n) is 14.9. The molecule has 2 aromatic rings. The minimum absolute atomic E-state index is 0.0126. The van der Waals surface area contributed by atoms with Crippen molar-refractivity contribution in [1.29, 1.82) is 5.26 Å². The van der Waals surface area contributed by atoms with Crippen LogP contribution in [0, 0.1) is 11.3 Å². The van der Waals surface area contributed by atoms with E-state index in [1.165, 1.54) is 0 Å². The van der Waals surface area contributed by atoms with Gasteiger partial charge in [0, 0.05) is 17.1 Å².